The molecule has 0 bridgehead atoms. The minimum absolute atomic E-state index is 0.0589. The molecule has 0 N–H and O–H groups in total. The summed E-state index contributed by atoms with van der Waals surface area (Å²) in [6.07, 6.45) is 0. The summed E-state index contributed by atoms with van der Waals surface area (Å²) in [5.74, 6) is 0.449. The monoisotopic (exact) mass is 484 g/mol. The van der Waals surface area contributed by atoms with Crippen molar-refractivity contribution in [3.8, 4) is 0 Å². The second-order valence-corrected chi connectivity index (χ2v) is 9.30. The van der Waals surface area contributed by atoms with Gasteiger partial charge in [0, 0.05) is 13.6 Å². The number of urea groups is 1. The quantitative estimate of drug-likeness (QED) is 0.357. The van der Waals surface area contributed by atoms with Gasteiger partial charge in [0.15, 0.2) is 5.82 Å². The molecule has 10 heteroatoms. The van der Waals surface area contributed by atoms with Crippen LogP contribution in [0.5, 0.6) is 0 Å². The number of benzene rings is 2. The van der Waals surface area contributed by atoms with Crippen LogP contribution in [-0.2, 0) is 24.9 Å². The van der Waals surface area contributed by atoms with Gasteiger partial charge in [0.1, 0.15) is 10.7 Å². The highest BCUT2D eigenvalue weighted by Gasteiger charge is 2.46. The van der Waals surface area contributed by atoms with Crippen LogP contribution in [0.25, 0.3) is 16.0 Å². The van der Waals surface area contributed by atoms with Crippen molar-refractivity contribution in [2.75, 3.05) is 0 Å². The third-order valence-corrected chi connectivity index (χ3v) is 7.19. The van der Waals surface area contributed by atoms with E-state index in [1.165, 1.54) is 20.8 Å². The molecule has 3 amide bonds. The van der Waals surface area contributed by atoms with E-state index >= 15 is 0 Å². The molecule has 6 rings (SSSR count). The minimum Gasteiger partial charge on any atom is -0.304 e. The lowest BCUT2D eigenvalue weighted by Crippen LogP contribution is -2.33. The Morgan fingerprint density at radius 3 is 2.34 bits per heavy atom. The number of nitrogens with zero attached hydrogens (tertiary/aromatic N) is 6. The van der Waals surface area contributed by atoms with Gasteiger partial charge < -0.3 is 4.90 Å². The first-order valence-corrected chi connectivity index (χ1v) is 11.9. The smallest absolute Gasteiger partial charge is 0.304 e. The number of fused-ring (bicyclic) bond motifs is 3. The molecule has 2 aromatic carbocycles. The molecule has 1 saturated heterocycles. The fourth-order valence-corrected chi connectivity index (χ4v) is 5.43. The Labute approximate surface area is 203 Å². The van der Waals surface area contributed by atoms with Gasteiger partial charge in [0.2, 0.25) is 5.78 Å². The zero-order valence-electron chi connectivity index (χ0n) is 18.7. The van der Waals surface area contributed by atoms with Crippen molar-refractivity contribution < 1.29 is 9.59 Å². The van der Waals surface area contributed by atoms with E-state index in [4.69, 9.17) is 0 Å². The van der Waals surface area contributed by atoms with E-state index < -0.39 is 12.1 Å². The van der Waals surface area contributed by atoms with Crippen LogP contribution in [0.4, 0.5) is 4.79 Å². The average Bonchev–Trinajstić information content (AvgIpc) is 3.58. The van der Waals surface area contributed by atoms with Gasteiger partial charge in [-0.05, 0) is 22.6 Å². The summed E-state index contributed by atoms with van der Waals surface area (Å²) in [6, 6.07) is 19.6. The maximum Gasteiger partial charge on any atom is 0.328 e. The van der Waals surface area contributed by atoms with Gasteiger partial charge in [0.05, 0.1) is 12.1 Å². The summed E-state index contributed by atoms with van der Waals surface area (Å²) in [7, 11) is 1.63. The number of carbonyl (C=O) groups excluding carboxylic acids is 2. The summed E-state index contributed by atoms with van der Waals surface area (Å²) in [5.41, 5.74) is 2.18. The van der Waals surface area contributed by atoms with Crippen molar-refractivity contribution in [3.05, 3.63) is 99.4 Å². The van der Waals surface area contributed by atoms with Gasteiger partial charge in [-0.1, -0.05) is 60.7 Å². The molecule has 9 nitrogen and oxygen atoms in total. The standard InChI is InChI=1S/C25H20N6O3S/c1-28-23(33)21-18(12-13-35-21)31-19(26-27-24(28)31)15-30-22(32)20(17-10-6-3-7-11-17)29(25(30)34)14-16-8-4-2-5-9-16/h2-13,20H,14-15H2,1H3. The number of amides is 3. The van der Waals surface area contributed by atoms with Crippen LogP contribution in [-0.4, -0.2) is 40.9 Å². The molecule has 0 radical (unpaired) electrons. The number of thiophene rings is 1. The Balaban J connectivity index is 1.42. The van der Waals surface area contributed by atoms with Crippen molar-refractivity contribution in [2.45, 2.75) is 19.1 Å². The van der Waals surface area contributed by atoms with E-state index in [1.807, 2.05) is 72.1 Å². The van der Waals surface area contributed by atoms with E-state index in [1.54, 1.807) is 16.3 Å². The number of rotatable bonds is 5. The Hall–Kier alpha value is -4.31. The van der Waals surface area contributed by atoms with Crippen molar-refractivity contribution in [2.24, 2.45) is 7.05 Å². The second kappa shape index (κ2) is 8.17. The molecule has 3 aromatic heterocycles. The first-order chi connectivity index (χ1) is 17.0. The Bertz CT molecular complexity index is 1640. The molecule has 1 aliphatic rings. The van der Waals surface area contributed by atoms with Crippen molar-refractivity contribution >= 4 is 39.3 Å². The first kappa shape index (κ1) is 21.2. The van der Waals surface area contributed by atoms with Gasteiger partial charge in [-0.3, -0.25) is 23.5 Å². The predicted molar refractivity (Wildman–Crippen MR) is 131 cm³/mol. The summed E-state index contributed by atoms with van der Waals surface area (Å²) in [5, 5.41) is 10.3. The maximum atomic E-state index is 13.7. The molecular weight excluding hydrogens is 464 g/mol. The Morgan fingerprint density at radius 2 is 1.60 bits per heavy atom. The average molecular weight is 485 g/mol. The normalized spacial score (nSPS) is 16.2. The van der Waals surface area contributed by atoms with E-state index in [2.05, 4.69) is 10.2 Å². The van der Waals surface area contributed by atoms with Gasteiger partial charge in [0.25, 0.3) is 11.5 Å². The molecule has 1 unspecified atom stereocenters. The van der Waals surface area contributed by atoms with Crippen LogP contribution in [0.15, 0.2) is 76.9 Å². The van der Waals surface area contributed by atoms with Crippen molar-refractivity contribution in [1.29, 1.82) is 0 Å². The zero-order chi connectivity index (χ0) is 24.1. The highest BCUT2D eigenvalue weighted by atomic mass is 32.1. The van der Waals surface area contributed by atoms with Crippen LogP contribution >= 0.6 is 11.3 Å². The Kier molecular flexibility index (Phi) is 4.96. The van der Waals surface area contributed by atoms with E-state index in [-0.39, 0.29) is 18.0 Å². The first-order valence-electron chi connectivity index (χ1n) is 11.1. The van der Waals surface area contributed by atoms with Crippen LogP contribution < -0.4 is 5.56 Å². The Morgan fingerprint density at radius 1 is 0.886 bits per heavy atom. The molecule has 1 aliphatic heterocycles. The molecule has 0 spiro atoms. The molecule has 35 heavy (non-hydrogen) atoms. The molecule has 4 heterocycles. The second-order valence-electron chi connectivity index (χ2n) is 8.38. The minimum atomic E-state index is -0.742. The summed E-state index contributed by atoms with van der Waals surface area (Å²) in [4.78, 5) is 42.7. The molecule has 174 valence electrons. The third-order valence-electron chi connectivity index (χ3n) is 6.30. The highest BCUT2D eigenvalue weighted by Crippen LogP contribution is 2.33. The molecule has 0 aliphatic carbocycles. The maximum absolute atomic E-state index is 13.7. The van der Waals surface area contributed by atoms with Crippen LogP contribution in [0, 0.1) is 0 Å². The summed E-state index contributed by atoms with van der Waals surface area (Å²) < 4.78 is 3.73. The van der Waals surface area contributed by atoms with Crippen molar-refractivity contribution in [3.63, 3.8) is 0 Å². The van der Waals surface area contributed by atoms with Crippen molar-refractivity contribution in [1.82, 2.24) is 29.0 Å². The van der Waals surface area contributed by atoms with Crippen LogP contribution in [0.2, 0.25) is 0 Å². The number of hydrogen-bond donors (Lipinski definition) is 0. The number of imide groups is 1. The largest absolute Gasteiger partial charge is 0.328 e. The third kappa shape index (κ3) is 3.33. The van der Waals surface area contributed by atoms with Gasteiger partial charge in [-0.2, -0.15) is 0 Å². The SMILES string of the molecule is Cn1c(=O)c2sccc2n2c(CN3C(=O)C(c4ccccc4)N(Cc4ccccc4)C3=O)nnc12. The molecule has 1 atom stereocenters. The van der Waals surface area contributed by atoms with Gasteiger partial charge in [-0.25, -0.2) is 4.79 Å². The lowest BCUT2D eigenvalue weighted by atomic mass is 10.1. The molecule has 5 aromatic rings. The number of carbonyl (C=O) groups is 2. The number of aryl methyl sites for hydroxylation is 1. The summed E-state index contributed by atoms with van der Waals surface area (Å²) >= 11 is 1.33. The van der Waals surface area contributed by atoms with Crippen LogP contribution in [0.3, 0.4) is 0 Å². The lowest BCUT2D eigenvalue weighted by molar-refractivity contribution is -0.129. The summed E-state index contributed by atoms with van der Waals surface area (Å²) in [6.45, 7) is 0.238. The molecule has 0 saturated carbocycles. The topological polar surface area (TPSA) is 92.8 Å². The fourth-order valence-electron chi connectivity index (χ4n) is 4.58. The lowest BCUT2D eigenvalue weighted by Gasteiger charge is -2.22. The van der Waals surface area contributed by atoms with Crippen LogP contribution in [0.1, 0.15) is 23.0 Å². The van der Waals surface area contributed by atoms with Gasteiger partial charge >= 0.3 is 6.03 Å². The fraction of sp³-hybridized carbons (Fsp3) is 0.160. The predicted octanol–water partition coefficient (Wildman–Crippen LogP) is 3.35. The van der Waals surface area contributed by atoms with E-state index in [0.717, 1.165) is 11.1 Å². The highest BCUT2D eigenvalue weighted by molar-refractivity contribution is 7.17. The zero-order valence-corrected chi connectivity index (χ0v) is 19.6. The number of aromatic nitrogens is 4. The molecule has 1 fully saturated rings. The number of hydrogen-bond acceptors (Lipinski definition) is 6. The van der Waals surface area contributed by atoms with E-state index in [0.29, 0.717) is 28.4 Å². The van der Waals surface area contributed by atoms with E-state index in [9.17, 15) is 14.4 Å². The molecular formula is C25H20N6O3S. The van der Waals surface area contributed by atoms with Gasteiger partial charge in [-0.15, -0.1) is 21.5 Å².